The number of amides is 1. The standard InChI is InChI=1S/C29H23ClN2O2/c1-18(2)20-12-9-19(10-13-20)11-16-28(33)31-21-14-15-27-26(17-21)32-29(34-27)24-7-3-6-23-22(24)5-4-8-25(23)30/h3-18H,1-2H3,(H,31,33)/b16-11+. The fraction of sp³-hybridized carbons (Fsp3) is 0.103. The van der Waals surface area contributed by atoms with E-state index in [2.05, 4.69) is 36.3 Å². The third-order valence-corrected chi connectivity index (χ3v) is 6.11. The number of aromatic nitrogens is 1. The molecule has 1 amide bonds. The maximum Gasteiger partial charge on any atom is 0.248 e. The lowest BCUT2D eigenvalue weighted by Gasteiger charge is -2.04. The highest BCUT2D eigenvalue weighted by Gasteiger charge is 2.13. The van der Waals surface area contributed by atoms with Crippen molar-refractivity contribution in [3.8, 4) is 11.5 Å². The van der Waals surface area contributed by atoms with Gasteiger partial charge in [0.2, 0.25) is 11.8 Å². The van der Waals surface area contributed by atoms with Gasteiger partial charge in [-0.1, -0.05) is 74.0 Å². The number of carbonyl (C=O) groups excluding carboxylic acids is 1. The number of hydrogen-bond donors (Lipinski definition) is 1. The van der Waals surface area contributed by atoms with Crippen LogP contribution >= 0.6 is 11.6 Å². The van der Waals surface area contributed by atoms with E-state index in [1.165, 1.54) is 11.6 Å². The van der Waals surface area contributed by atoms with Crippen molar-refractivity contribution in [2.24, 2.45) is 0 Å². The number of anilines is 1. The Morgan fingerprint density at radius 3 is 2.53 bits per heavy atom. The Balaban J connectivity index is 1.36. The predicted molar refractivity (Wildman–Crippen MR) is 140 cm³/mol. The Labute approximate surface area is 202 Å². The van der Waals surface area contributed by atoms with Crippen LogP contribution in [0.1, 0.15) is 30.9 Å². The van der Waals surface area contributed by atoms with Crippen LogP contribution in [-0.2, 0) is 4.79 Å². The quantitative estimate of drug-likeness (QED) is 0.266. The lowest BCUT2D eigenvalue weighted by atomic mass is 10.0. The summed E-state index contributed by atoms with van der Waals surface area (Å²) in [6.07, 6.45) is 3.33. The molecule has 168 valence electrons. The van der Waals surface area contributed by atoms with Crippen molar-refractivity contribution in [2.75, 3.05) is 5.32 Å². The summed E-state index contributed by atoms with van der Waals surface area (Å²) in [7, 11) is 0. The Kier molecular flexibility index (Phi) is 5.91. The molecule has 4 nitrogen and oxygen atoms in total. The summed E-state index contributed by atoms with van der Waals surface area (Å²) < 4.78 is 6.01. The van der Waals surface area contributed by atoms with Crippen molar-refractivity contribution in [2.45, 2.75) is 19.8 Å². The highest BCUT2D eigenvalue weighted by atomic mass is 35.5. The minimum absolute atomic E-state index is 0.209. The highest BCUT2D eigenvalue weighted by Crippen LogP contribution is 2.34. The summed E-state index contributed by atoms with van der Waals surface area (Å²) in [4.78, 5) is 17.1. The molecule has 0 spiro atoms. The molecule has 0 saturated carbocycles. The van der Waals surface area contributed by atoms with E-state index in [0.29, 0.717) is 33.6 Å². The van der Waals surface area contributed by atoms with Crippen molar-refractivity contribution >= 4 is 51.1 Å². The highest BCUT2D eigenvalue weighted by molar-refractivity contribution is 6.35. The Hall–Kier alpha value is -3.89. The van der Waals surface area contributed by atoms with Crippen LogP contribution in [0.3, 0.4) is 0 Å². The van der Waals surface area contributed by atoms with Crippen molar-refractivity contribution in [1.82, 2.24) is 4.98 Å². The maximum atomic E-state index is 12.4. The monoisotopic (exact) mass is 466 g/mol. The number of oxazole rings is 1. The van der Waals surface area contributed by atoms with E-state index < -0.39 is 0 Å². The summed E-state index contributed by atoms with van der Waals surface area (Å²) in [6, 6.07) is 25.3. The van der Waals surface area contributed by atoms with Crippen LogP contribution in [0, 0.1) is 0 Å². The third kappa shape index (κ3) is 4.45. The maximum absolute atomic E-state index is 12.4. The molecule has 1 heterocycles. The molecule has 4 aromatic carbocycles. The smallest absolute Gasteiger partial charge is 0.248 e. The minimum atomic E-state index is -0.209. The molecule has 0 fully saturated rings. The molecule has 0 aliphatic carbocycles. The van der Waals surface area contributed by atoms with Crippen LogP contribution in [0.4, 0.5) is 5.69 Å². The summed E-state index contributed by atoms with van der Waals surface area (Å²) in [5.74, 6) is 0.780. The first-order valence-electron chi connectivity index (χ1n) is 11.2. The first kappa shape index (κ1) is 21.9. The van der Waals surface area contributed by atoms with Crippen LogP contribution in [0.2, 0.25) is 5.02 Å². The minimum Gasteiger partial charge on any atom is -0.436 e. The largest absolute Gasteiger partial charge is 0.436 e. The van der Waals surface area contributed by atoms with Crippen LogP contribution in [0.5, 0.6) is 0 Å². The van der Waals surface area contributed by atoms with E-state index in [0.717, 1.165) is 21.9 Å². The fourth-order valence-corrected chi connectivity index (χ4v) is 4.16. The van der Waals surface area contributed by atoms with E-state index in [4.69, 9.17) is 16.0 Å². The molecule has 0 radical (unpaired) electrons. The zero-order valence-electron chi connectivity index (χ0n) is 18.9. The summed E-state index contributed by atoms with van der Waals surface area (Å²) in [5.41, 5.74) is 5.08. The molecule has 0 bridgehead atoms. The molecule has 5 aromatic rings. The molecular formula is C29H23ClN2O2. The van der Waals surface area contributed by atoms with Gasteiger partial charge in [-0.2, -0.15) is 0 Å². The Morgan fingerprint density at radius 2 is 1.74 bits per heavy atom. The van der Waals surface area contributed by atoms with Gasteiger partial charge < -0.3 is 9.73 Å². The van der Waals surface area contributed by atoms with Gasteiger partial charge in [-0.05, 0) is 58.8 Å². The topological polar surface area (TPSA) is 55.1 Å². The second kappa shape index (κ2) is 9.16. The van der Waals surface area contributed by atoms with Gasteiger partial charge in [0, 0.05) is 27.7 Å². The average Bonchev–Trinajstić information content (AvgIpc) is 3.26. The zero-order chi connectivity index (χ0) is 23.7. The number of nitrogens with zero attached hydrogens (tertiary/aromatic N) is 1. The average molecular weight is 467 g/mol. The summed E-state index contributed by atoms with van der Waals surface area (Å²) >= 11 is 6.35. The number of hydrogen-bond acceptors (Lipinski definition) is 3. The number of rotatable bonds is 5. The van der Waals surface area contributed by atoms with Gasteiger partial charge in [0.15, 0.2) is 5.58 Å². The molecule has 0 saturated heterocycles. The zero-order valence-corrected chi connectivity index (χ0v) is 19.6. The predicted octanol–water partition coefficient (Wildman–Crippen LogP) is 8.08. The van der Waals surface area contributed by atoms with E-state index in [1.807, 2.05) is 60.7 Å². The van der Waals surface area contributed by atoms with Crippen LogP contribution < -0.4 is 5.32 Å². The number of benzene rings is 4. The second-order valence-corrected chi connectivity index (χ2v) is 8.89. The number of halogens is 1. The van der Waals surface area contributed by atoms with Gasteiger partial charge in [-0.15, -0.1) is 0 Å². The molecule has 0 aliphatic heterocycles. The molecule has 5 rings (SSSR count). The number of nitrogens with one attached hydrogen (secondary N) is 1. The molecule has 0 unspecified atom stereocenters. The lowest BCUT2D eigenvalue weighted by molar-refractivity contribution is -0.111. The first-order chi connectivity index (χ1) is 16.5. The van der Waals surface area contributed by atoms with Gasteiger partial charge in [-0.25, -0.2) is 4.98 Å². The normalized spacial score (nSPS) is 11.6. The van der Waals surface area contributed by atoms with Gasteiger partial charge in [-0.3, -0.25) is 4.79 Å². The Morgan fingerprint density at radius 1 is 0.971 bits per heavy atom. The molecule has 0 aliphatic rings. The van der Waals surface area contributed by atoms with Crippen molar-refractivity contribution in [1.29, 1.82) is 0 Å². The Bertz CT molecular complexity index is 1530. The lowest BCUT2D eigenvalue weighted by Crippen LogP contribution is -2.07. The molecule has 34 heavy (non-hydrogen) atoms. The SMILES string of the molecule is CC(C)c1ccc(/C=C/C(=O)Nc2ccc3oc(-c4cccc5c(Cl)cccc45)nc3c2)cc1. The van der Waals surface area contributed by atoms with Gasteiger partial charge >= 0.3 is 0 Å². The first-order valence-corrected chi connectivity index (χ1v) is 11.5. The number of fused-ring (bicyclic) bond motifs is 2. The third-order valence-electron chi connectivity index (χ3n) is 5.78. The van der Waals surface area contributed by atoms with E-state index >= 15 is 0 Å². The van der Waals surface area contributed by atoms with E-state index in [9.17, 15) is 4.79 Å². The van der Waals surface area contributed by atoms with Crippen LogP contribution in [0.15, 0.2) is 89.4 Å². The van der Waals surface area contributed by atoms with E-state index in [1.54, 1.807) is 12.1 Å². The van der Waals surface area contributed by atoms with Crippen LogP contribution in [-0.4, -0.2) is 10.9 Å². The second-order valence-electron chi connectivity index (χ2n) is 8.49. The summed E-state index contributed by atoms with van der Waals surface area (Å²) in [6.45, 7) is 4.31. The van der Waals surface area contributed by atoms with Crippen molar-refractivity contribution in [3.05, 3.63) is 101 Å². The van der Waals surface area contributed by atoms with Gasteiger partial charge in [0.25, 0.3) is 0 Å². The van der Waals surface area contributed by atoms with Gasteiger partial charge in [0.1, 0.15) is 5.52 Å². The van der Waals surface area contributed by atoms with Gasteiger partial charge in [0.05, 0.1) is 0 Å². The molecular weight excluding hydrogens is 444 g/mol. The number of carbonyl (C=O) groups is 1. The molecule has 5 heteroatoms. The molecule has 0 atom stereocenters. The van der Waals surface area contributed by atoms with Crippen LogP contribution in [0.25, 0.3) is 39.4 Å². The van der Waals surface area contributed by atoms with E-state index in [-0.39, 0.29) is 5.91 Å². The molecule has 1 aromatic heterocycles. The molecule has 1 N–H and O–H groups in total. The fourth-order valence-electron chi connectivity index (χ4n) is 3.93. The van der Waals surface area contributed by atoms with Crippen molar-refractivity contribution < 1.29 is 9.21 Å². The summed E-state index contributed by atoms with van der Waals surface area (Å²) in [5, 5.41) is 5.50. The van der Waals surface area contributed by atoms with Crippen molar-refractivity contribution in [3.63, 3.8) is 0 Å².